The van der Waals surface area contributed by atoms with Crippen LogP contribution in [0.4, 0.5) is 9.93 Å². The number of aromatic nitrogens is 3. The predicted molar refractivity (Wildman–Crippen MR) is 117 cm³/mol. The van der Waals surface area contributed by atoms with Crippen LogP contribution in [0, 0.1) is 18.8 Å². The summed E-state index contributed by atoms with van der Waals surface area (Å²) in [6.45, 7) is 10.1. The molecule has 2 aromatic heterocycles. The van der Waals surface area contributed by atoms with Gasteiger partial charge in [0.2, 0.25) is 0 Å². The standard InChI is InChI=1S/C20H19N5OS2/c1-5-13(6-2)15-10-14(8-9-17-25-24-12(4)27-17)18-16(11-15)22-20(28-18)23-19(26)21-7-3/h5-6,10-11H,1,7H2,2-4H3,(H2,21,22,23,26)/b13-6+. The Labute approximate surface area is 171 Å². The number of thiazole rings is 1. The molecule has 6 nitrogen and oxygen atoms in total. The number of allylic oxidation sites excluding steroid dienone is 3. The fraction of sp³-hybridized carbons (Fsp3) is 0.200. The smallest absolute Gasteiger partial charge is 0.321 e. The highest BCUT2D eigenvalue weighted by molar-refractivity contribution is 7.22. The molecule has 0 aliphatic rings. The highest BCUT2D eigenvalue weighted by Gasteiger charge is 2.12. The molecule has 2 amide bonds. The van der Waals surface area contributed by atoms with Crippen molar-refractivity contribution < 1.29 is 4.79 Å². The molecule has 0 spiro atoms. The molecule has 2 N–H and O–H groups in total. The third kappa shape index (κ3) is 4.44. The molecular weight excluding hydrogens is 390 g/mol. The molecule has 3 aromatic rings. The summed E-state index contributed by atoms with van der Waals surface area (Å²) in [6.07, 6.45) is 3.78. The maximum Gasteiger partial charge on any atom is 0.321 e. The van der Waals surface area contributed by atoms with Crippen LogP contribution in [0.15, 0.2) is 30.9 Å². The second-order valence-corrected chi connectivity index (χ2v) is 7.88. The van der Waals surface area contributed by atoms with Crippen LogP contribution < -0.4 is 10.6 Å². The van der Waals surface area contributed by atoms with Gasteiger partial charge >= 0.3 is 6.03 Å². The Bertz CT molecular complexity index is 1130. The second kappa shape index (κ2) is 8.78. The fourth-order valence-electron chi connectivity index (χ4n) is 2.52. The van der Waals surface area contributed by atoms with Gasteiger partial charge in [0.15, 0.2) is 10.1 Å². The number of aryl methyl sites for hydroxylation is 1. The van der Waals surface area contributed by atoms with E-state index in [9.17, 15) is 4.79 Å². The Balaban J connectivity index is 2.10. The molecule has 3 rings (SSSR count). The highest BCUT2D eigenvalue weighted by atomic mass is 32.1. The maximum absolute atomic E-state index is 11.8. The molecule has 0 aliphatic heterocycles. The third-order valence-electron chi connectivity index (χ3n) is 3.74. The molecule has 142 valence electrons. The van der Waals surface area contributed by atoms with Gasteiger partial charge in [0.25, 0.3) is 0 Å². The number of benzene rings is 1. The van der Waals surface area contributed by atoms with E-state index < -0.39 is 0 Å². The first-order valence-electron chi connectivity index (χ1n) is 8.64. The summed E-state index contributed by atoms with van der Waals surface area (Å²) in [7, 11) is 0. The molecule has 0 aliphatic carbocycles. The normalized spacial score (nSPS) is 11.0. The first-order chi connectivity index (χ1) is 13.5. The summed E-state index contributed by atoms with van der Waals surface area (Å²) >= 11 is 2.84. The van der Waals surface area contributed by atoms with Crippen molar-refractivity contribution in [2.45, 2.75) is 20.8 Å². The van der Waals surface area contributed by atoms with E-state index >= 15 is 0 Å². The third-order valence-corrected chi connectivity index (χ3v) is 5.52. The number of carbonyl (C=O) groups is 1. The van der Waals surface area contributed by atoms with Gasteiger partial charge in [-0.3, -0.25) is 5.32 Å². The van der Waals surface area contributed by atoms with Crippen molar-refractivity contribution in [1.29, 1.82) is 0 Å². The van der Waals surface area contributed by atoms with Crippen molar-refractivity contribution in [3.05, 3.63) is 52.0 Å². The number of anilines is 1. The molecule has 0 atom stereocenters. The van der Waals surface area contributed by atoms with E-state index in [1.807, 2.05) is 39.0 Å². The van der Waals surface area contributed by atoms with Gasteiger partial charge in [0.1, 0.15) is 5.01 Å². The molecule has 1 aromatic carbocycles. The van der Waals surface area contributed by atoms with E-state index in [-0.39, 0.29) is 6.03 Å². The Morgan fingerprint density at radius 3 is 2.75 bits per heavy atom. The number of nitrogens with one attached hydrogen (secondary N) is 2. The predicted octanol–water partition coefficient (Wildman–Crippen LogP) is 4.59. The summed E-state index contributed by atoms with van der Waals surface area (Å²) in [5.74, 6) is 6.27. The minimum absolute atomic E-state index is 0.279. The lowest BCUT2D eigenvalue weighted by Crippen LogP contribution is -2.28. The van der Waals surface area contributed by atoms with Gasteiger partial charge in [-0.15, -0.1) is 10.2 Å². The van der Waals surface area contributed by atoms with Crippen LogP contribution in [0.5, 0.6) is 0 Å². The lowest BCUT2D eigenvalue weighted by atomic mass is 10.0. The minimum atomic E-state index is -0.279. The van der Waals surface area contributed by atoms with E-state index in [0.29, 0.717) is 16.7 Å². The number of fused-ring (bicyclic) bond motifs is 1. The molecule has 0 fully saturated rings. The van der Waals surface area contributed by atoms with Crippen LogP contribution in [-0.2, 0) is 0 Å². The zero-order valence-corrected chi connectivity index (χ0v) is 17.4. The number of nitrogens with zero attached hydrogens (tertiary/aromatic N) is 3. The zero-order chi connectivity index (χ0) is 20.1. The number of hydrogen-bond donors (Lipinski definition) is 2. The first kappa shape index (κ1) is 19.7. The van der Waals surface area contributed by atoms with Crippen LogP contribution in [0.1, 0.15) is 35.0 Å². The van der Waals surface area contributed by atoms with Gasteiger partial charge in [-0.2, -0.15) is 0 Å². The molecule has 0 bridgehead atoms. The van der Waals surface area contributed by atoms with Crippen molar-refractivity contribution in [3.8, 4) is 11.8 Å². The number of carbonyl (C=O) groups excluding carboxylic acids is 1. The van der Waals surface area contributed by atoms with Crippen LogP contribution in [0.25, 0.3) is 15.8 Å². The second-order valence-electron chi connectivity index (χ2n) is 5.70. The van der Waals surface area contributed by atoms with Crippen LogP contribution in [0.3, 0.4) is 0 Å². The highest BCUT2D eigenvalue weighted by Crippen LogP contribution is 2.32. The average molecular weight is 410 g/mol. The molecular formula is C20H19N5OS2. The summed E-state index contributed by atoms with van der Waals surface area (Å²) in [5.41, 5.74) is 3.55. The van der Waals surface area contributed by atoms with Crippen molar-refractivity contribution in [3.63, 3.8) is 0 Å². The lowest BCUT2D eigenvalue weighted by molar-refractivity contribution is 0.252. The van der Waals surface area contributed by atoms with Gasteiger partial charge in [-0.25, -0.2) is 9.78 Å². The van der Waals surface area contributed by atoms with E-state index in [2.05, 4.69) is 44.2 Å². The van der Waals surface area contributed by atoms with Crippen LogP contribution in [-0.4, -0.2) is 27.8 Å². The largest absolute Gasteiger partial charge is 0.338 e. The quantitative estimate of drug-likeness (QED) is 0.488. The minimum Gasteiger partial charge on any atom is -0.338 e. The fourth-order valence-corrected chi connectivity index (χ4v) is 3.97. The molecule has 2 heterocycles. The Morgan fingerprint density at radius 1 is 1.29 bits per heavy atom. The molecule has 0 saturated carbocycles. The monoisotopic (exact) mass is 409 g/mol. The summed E-state index contributed by atoms with van der Waals surface area (Å²) in [6, 6.07) is 3.71. The Morgan fingerprint density at radius 2 is 2.11 bits per heavy atom. The molecule has 0 unspecified atom stereocenters. The number of hydrogen-bond acceptors (Lipinski definition) is 6. The van der Waals surface area contributed by atoms with Gasteiger partial charge in [-0.05, 0) is 50.0 Å². The Hall–Kier alpha value is -3.02. The van der Waals surface area contributed by atoms with E-state index in [1.54, 1.807) is 6.08 Å². The summed E-state index contributed by atoms with van der Waals surface area (Å²) in [4.78, 5) is 16.4. The molecule has 8 heteroatoms. The first-order valence-corrected chi connectivity index (χ1v) is 10.3. The van der Waals surface area contributed by atoms with Gasteiger partial charge in [0, 0.05) is 12.1 Å². The molecule has 0 saturated heterocycles. The number of rotatable bonds is 4. The van der Waals surface area contributed by atoms with Crippen LogP contribution in [0.2, 0.25) is 0 Å². The number of amides is 2. The van der Waals surface area contributed by atoms with Gasteiger partial charge in [0.05, 0.1) is 10.2 Å². The van der Waals surface area contributed by atoms with Gasteiger partial charge < -0.3 is 5.32 Å². The molecule has 28 heavy (non-hydrogen) atoms. The van der Waals surface area contributed by atoms with E-state index in [0.717, 1.165) is 31.9 Å². The van der Waals surface area contributed by atoms with E-state index in [4.69, 9.17) is 0 Å². The van der Waals surface area contributed by atoms with Gasteiger partial charge in [-0.1, -0.05) is 47.3 Å². The average Bonchev–Trinajstić information content (AvgIpc) is 3.26. The maximum atomic E-state index is 11.8. The summed E-state index contributed by atoms with van der Waals surface area (Å²) in [5, 5.41) is 15.6. The SMILES string of the molecule is C=C/C(=C\C)c1cc(C#Cc2nnc(C)s2)c2sc(NC(=O)NCC)nc2c1. The lowest BCUT2D eigenvalue weighted by Gasteiger charge is -2.03. The topological polar surface area (TPSA) is 79.8 Å². The zero-order valence-electron chi connectivity index (χ0n) is 15.8. The van der Waals surface area contributed by atoms with Crippen LogP contribution >= 0.6 is 22.7 Å². The Kier molecular flexibility index (Phi) is 6.19. The van der Waals surface area contributed by atoms with E-state index in [1.165, 1.54) is 22.7 Å². The molecule has 0 radical (unpaired) electrons. The van der Waals surface area contributed by atoms with Crippen molar-refractivity contribution in [2.24, 2.45) is 0 Å². The van der Waals surface area contributed by atoms with Crippen molar-refractivity contribution in [2.75, 3.05) is 11.9 Å². The summed E-state index contributed by atoms with van der Waals surface area (Å²) < 4.78 is 0.906. The number of urea groups is 1. The van der Waals surface area contributed by atoms with Crippen molar-refractivity contribution in [1.82, 2.24) is 20.5 Å². The van der Waals surface area contributed by atoms with Crippen molar-refractivity contribution >= 4 is 49.6 Å².